The fourth-order valence-electron chi connectivity index (χ4n) is 3.09. The van der Waals surface area contributed by atoms with Crippen LogP contribution in [0.15, 0.2) is 67.3 Å². The van der Waals surface area contributed by atoms with Gasteiger partial charge in [0.25, 0.3) is 0 Å². The molecular formula is C19H14N6. The smallest absolute Gasteiger partial charge is 0.234 e. The third kappa shape index (κ3) is 2.19. The lowest BCUT2D eigenvalue weighted by Crippen LogP contribution is -1.94. The Morgan fingerprint density at radius 2 is 1.88 bits per heavy atom. The van der Waals surface area contributed by atoms with Crippen molar-refractivity contribution in [2.45, 2.75) is 6.92 Å². The van der Waals surface area contributed by atoms with Crippen LogP contribution in [0.3, 0.4) is 0 Å². The second-order valence-electron chi connectivity index (χ2n) is 5.88. The van der Waals surface area contributed by atoms with E-state index < -0.39 is 0 Å². The van der Waals surface area contributed by atoms with E-state index in [1.807, 2.05) is 64.6 Å². The number of nitrogens with zero attached hydrogens (tertiary/aromatic N) is 6. The Labute approximate surface area is 143 Å². The van der Waals surface area contributed by atoms with Crippen molar-refractivity contribution in [3.05, 3.63) is 72.9 Å². The van der Waals surface area contributed by atoms with Gasteiger partial charge in [0.05, 0.1) is 16.9 Å². The summed E-state index contributed by atoms with van der Waals surface area (Å²) in [5, 5.41) is 4.27. The van der Waals surface area contributed by atoms with Crippen LogP contribution in [-0.2, 0) is 0 Å². The average molecular weight is 326 g/mol. The van der Waals surface area contributed by atoms with Gasteiger partial charge in [-0.25, -0.2) is 14.5 Å². The molecule has 0 aliphatic rings. The third-order valence-corrected chi connectivity index (χ3v) is 4.21. The number of imidazole rings is 1. The van der Waals surface area contributed by atoms with Crippen molar-refractivity contribution >= 4 is 11.3 Å². The second-order valence-corrected chi connectivity index (χ2v) is 5.88. The van der Waals surface area contributed by atoms with Gasteiger partial charge in [-0.2, -0.15) is 5.10 Å². The largest absolute Gasteiger partial charge is 0.283 e. The number of hydrogen-bond acceptors (Lipinski definition) is 4. The van der Waals surface area contributed by atoms with Gasteiger partial charge < -0.3 is 0 Å². The summed E-state index contributed by atoms with van der Waals surface area (Å²) in [5.41, 5.74) is 5.68. The Balaban J connectivity index is 1.84. The maximum Gasteiger partial charge on any atom is 0.234 e. The fourth-order valence-corrected chi connectivity index (χ4v) is 3.09. The van der Waals surface area contributed by atoms with E-state index in [2.05, 4.69) is 21.1 Å². The zero-order valence-electron chi connectivity index (χ0n) is 13.5. The Morgan fingerprint density at radius 1 is 0.920 bits per heavy atom. The molecule has 0 unspecified atom stereocenters. The van der Waals surface area contributed by atoms with Gasteiger partial charge >= 0.3 is 0 Å². The zero-order chi connectivity index (χ0) is 16.8. The molecule has 25 heavy (non-hydrogen) atoms. The maximum atomic E-state index is 4.74. The minimum atomic E-state index is 0.657. The molecule has 0 amide bonds. The molecule has 0 saturated heterocycles. The van der Waals surface area contributed by atoms with Crippen LogP contribution in [0, 0.1) is 6.92 Å². The first-order valence-electron chi connectivity index (χ1n) is 8.00. The SMILES string of the molecule is Cc1cccc(-c2nc3ncccn3c2-c2ccn3nccc3c2)n1. The first-order valence-corrected chi connectivity index (χ1v) is 8.00. The van der Waals surface area contributed by atoms with Crippen LogP contribution >= 0.6 is 0 Å². The predicted molar refractivity (Wildman–Crippen MR) is 95.1 cm³/mol. The van der Waals surface area contributed by atoms with E-state index in [4.69, 9.17) is 4.98 Å². The summed E-state index contributed by atoms with van der Waals surface area (Å²) >= 11 is 0. The monoisotopic (exact) mass is 326 g/mol. The highest BCUT2D eigenvalue weighted by Gasteiger charge is 2.18. The first-order chi connectivity index (χ1) is 12.3. The van der Waals surface area contributed by atoms with Gasteiger partial charge in [-0.3, -0.25) is 9.38 Å². The van der Waals surface area contributed by atoms with Crippen LogP contribution in [0.2, 0.25) is 0 Å². The van der Waals surface area contributed by atoms with Crippen molar-refractivity contribution in [1.82, 2.24) is 29.0 Å². The van der Waals surface area contributed by atoms with Gasteiger partial charge in [-0.05, 0) is 43.3 Å². The van der Waals surface area contributed by atoms with Crippen molar-refractivity contribution in [2.75, 3.05) is 0 Å². The molecule has 0 fully saturated rings. The van der Waals surface area contributed by atoms with Gasteiger partial charge in [0.1, 0.15) is 5.69 Å². The molecule has 0 saturated carbocycles. The molecular weight excluding hydrogens is 312 g/mol. The number of aromatic nitrogens is 6. The van der Waals surface area contributed by atoms with Crippen molar-refractivity contribution in [2.24, 2.45) is 0 Å². The van der Waals surface area contributed by atoms with Gasteiger partial charge in [0.2, 0.25) is 5.78 Å². The van der Waals surface area contributed by atoms with Crippen molar-refractivity contribution in [3.63, 3.8) is 0 Å². The van der Waals surface area contributed by atoms with Gasteiger partial charge in [0, 0.05) is 36.0 Å². The predicted octanol–water partition coefficient (Wildman–Crippen LogP) is 3.41. The maximum absolute atomic E-state index is 4.74. The highest BCUT2D eigenvalue weighted by atomic mass is 15.2. The molecule has 0 aliphatic heterocycles. The summed E-state index contributed by atoms with van der Waals surface area (Å²) in [5.74, 6) is 0.657. The van der Waals surface area contributed by atoms with Crippen molar-refractivity contribution in [1.29, 1.82) is 0 Å². The minimum Gasteiger partial charge on any atom is -0.283 e. The Kier molecular flexibility index (Phi) is 2.90. The van der Waals surface area contributed by atoms with Crippen LogP contribution in [0.5, 0.6) is 0 Å². The molecule has 0 atom stereocenters. The van der Waals surface area contributed by atoms with Gasteiger partial charge in [-0.15, -0.1) is 0 Å². The zero-order valence-corrected chi connectivity index (χ0v) is 13.5. The average Bonchev–Trinajstić information content (AvgIpc) is 3.25. The lowest BCUT2D eigenvalue weighted by Gasteiger charge is -2.06. The molecule has 6 nitrogen and oxygen atoms in total. The molecule has 5 heterocycles. The summed E-state index contributed by atoms with van der Waals surface area (Å²) in [6.07, 6.45) is 7.47. The molecule has 0 aromatic carbocycles. The van der Waals surface area contributed by atoms with Crippen LogP contribution in [0.4, 0.5) is 0 Å². The number of hydrogen-bond donors (Lipinski definition) is 0. The summed E-state index contributed by atoms with van der Waals surface area (Å²) in [7, 11) is 0. The lowest BCUT2D eigenvalue weighted by atomic mass is 10.1. The molecule has 5 aromatic heterocycles. The third-order valence-electron chi connectivity index (χ3n) is 4.21. The molecule has 0 N–H and O–H groups in total. The van der Waals surface area contributed by atoms with E-state index >= 15 is 0 Å². The number of rotatable bonds is 2. The number of aryl methyl sites for hydroxylation is 1. The summed E-state index contributed by atoms with van der Waals surface area (Å²) in [6, 6.07) is 14.0. The molecule has 5 aromatic rings. The van der Waals surface area contributed by atoms with Crippen LogP contribution in [0.25, 0.3) is 33.9 Å². The molecule has 0 bridgehead atoms. The topological polar surface area (TPSA) is 60.4 Å². The normalized spacial score (nSPS) is 11.4. The Hall–Kier alpha value is -3.54. The first kappa shape index (κ1) is 13.9. The fraction of sp³-hybridized carbons (Fsp3) is 0.0526. The van der Waals surface area contributed by atoms with E-state index in [1.165, 1.54) is 0 Å². The lowest BCUT2D eigenvalue weighted by molar-refractivity contribution is 0.961. The molecule has 5 rings (SSSR count). The van der Waals surface area contributed by atoms with Crippen LogP contribution in [-0.4, -0.2) is 29.0 Å². The highest BCUT2D eigenvalue weighted by Crippen LogP contribution is 2.31. The Bertz CT molecular complexity index is 1220. The standard InChI is InChI=1S/C19H14N6/c1-13-4-2-5-16(22-13)17-18(24-10-3-8-20-19(24)23-17)14-7-11-25-15(12-14)6-9-21-25/h2-12H,1H3. The Morgan fingerprint density at radius 3 is 2.80 bits per heavy atom. The molecule has 0 aliphatic carbocycles. The van der Waals surface area contributed by atoms with E-state index in [0.29, 0.717) is 5.78 Å². The summed E-state index contributed by atoms with van der Waals surface area (Å²) in [4.78, 5) is 13.8. The quantitative estimate of drug-likeness (QED) is 0.499. The van der Waals surface area contributed by atoms with E-state index in [-0.39, 0.29) is 0 Å². The van der Waals surface area contributed by atoms with Crippen LogP contribution in [0.1, 0.15) is 5.69 Å². The number of pyridine rings is 2. The summed E-state index contributed by atoms with van der Waals surface area (Å²) in [6.45, 7) is 1.98. The number of fused-ring (bicyclic) bond motifs is 2. The van der Waals surface area contributed by atoms with E-state index in [1.54, 1.807) is 12.4 Å². The van der Waals surface area contributed by atoms with Gasteiger partial charge in [0.15, 0.2) is 0 Å². The van der Waals surface area contributed by atoms with E-state index in [9.17, 15) is 0 Å². The molecule has 0 radical (unpaired) electrons. The van der Waals surface area contributed by atoms with Crippen molar-refractivity contribution in [3.8, 4) is 22.6 Å². The second kappa shape index (κ2) is 5.24. The molecule has 0 spiro atoms. The van der Waals surface area contributed by atoms with E-state index in [0.717, 1.165) is 33.9 Å². The minimum absolute atomic E-state index is 0.657. The highest BCUT2D eigenvalue weighted by molar-refractivity contribution is 5.81. The molecule has 6 heteroatoms. The van der Waals surface area contributed by atoms with Gasteiger partial charge in [-0.1, -0.05) is 6.07 Å². The summed E-state index contributed by atoms with van der Waals surface area (Å²) < 4.78 is 3.84. The van der Waals surface area contributed by atoms with Crippen molar-refractivity contribution < 1.29 is 0 Å². The van der Waals surface area contributed by atoms with Crippen LogP contribution < -0.4 is 0 Å². The molecule has 120 valence electrons.